The van der Waals surface area contributed by atoms with Crippen molar-refractivity contribution in [1.29, 1.82) is 0 Å². The van der Waals surface area contributed by atoms with Crippen molar-refractivity contribution in [2.75, 3.05) is 13.2 Å². The Kier molecular flexibility index (Phi) is 7.20. The van der Waals surface area contributed by atoms with Gasteiger partial charge in [0.15, 0.2) is 0 Å². The van der Waals surface area contributed by atoms with Crippen molar-refractivity contribution in [2.45, 2.75) is 40.5 Å². The minimum atomic E-state index is 0.199. The van der Waals surface area contributed by atoms with E-state index in [-0.39, 0.29) is 25.0 Å². The smallest absolute Gasteiger partial charge is 0.0465 e. The topological polar surface area (TPSA) is 40.5 Å². The van der Waals surface area contributed by atoms with E-state index in [0.717, 1.165) is 12.8 Å². The Hall–Kier alpha value is -0.0800. The SMILES string of the molecule is CCC(C)C(CO)C(CO)C(C)CC. The van der Waals surface area contributed by atoms with E-state index in [1.165, 1.54) is 0 Å². The third-order valence-electron chi connectivity index (χ3n) is 3.72. The summed E-state index contributed by atoms with van der Waals surface area (Å²) in [5, 5.41) is 18.7. The molecule has 86 valence electrons. The van der Waals surface area contributed by atoms with Gasteiger partial charge in [-0.1, -0.05) is 40.5 Å². The van der Waals surface area contributed by atoms with E-state index < -0.39 is 0 Å². The van der Waals surface area contributed by atoms with Crippen LogP contribution < -0.4 is 0 Å². The highest BCUT2D eigenvalue weighted by Crippen LogP contribution is 2.30. The molecule has 0 rings (SSSR count). The van der Waals surface area contributed by atoms with Crippen molar-refractivity contribution in [1.82, 2.24) is 0 Å². The van der Waals surface area contributed by atoms with Crippen molar-refractivity contribution in [2.24, 2.45) is 23.7 Å². The zero-order chi connectivity index (χ0) is 11.1. The third-order valence-corrected chi connectivity index (χ3v) is 3.72. The van der Waals surface area contributed by atoms with Crippen LogP contribution >= 0.6 is 0 Å². The zero-order valence-electron chi connectivity index (χ0n) is 10.0. The first-order valence-electron chi connectivity index (χ1n) is 5.83. The second-order valence-corrected chi connectivity index (χ2v) is 4.46. The Balaban J connectivity index is 4.43. The van der Waals surface area contributed by atoms with Gasteiger partial charge in [-0.05, 0) is 23.7 Å². The molecule has 0 aromatic carbocycles. The maximum Gasteiger partial charge on any atom is 0.0465 e. The van der Waals surface area contributed by atoms with Gasteiger partial charge in [-0.3, -0.25) is 0 Å². The van der Waals surface area contributed by atoms with Crippen molar-refractivity contribution < 1.29 is 10.2 Å². The fourth-order valence-electron chi connectivity index (χ4n) is 2.08. The summed E-state index contributed by atoms with van der Waals surface area (Å²) in [6, 6.07) is 0. The molecule has 0 fully saturated rings. The summed E-state index contributed by atoms with van der Waals surface area (Å²) in [6.45, 7) is 8.99. The van der Waals surface area contributed by atoms with Gasteiger partial charge in [-0.15, -0.1) is 0 Å². The van der Waals surface area contributed by atoms with Crippen LogP contribution in [0.2, 0.25) is 0 Å². The largest absolute Gasteiger partial charge is 0.396 e. The van der Waals surface area contributed by atoms with Gasteiger partial charge in [0.1, 0.15) is 0 Å². The monoisotopic (exact) mass is 202 g/mol. The minimum Gasteiger partial charge on any atom is -0.396 e. The third kappa shape index (κ3) is 3.58. The van der Waals surface area contributed by atoms with Gasteiger partial charge in [0.2, 0.25) is 0 Å². The molecule has 0 saturated heterocycles. The van der Waals surface area contributed by atoms with Crippen molar-refractivity contribution in [3.63, 3.8) is 0 Å². The van der Waals surface area contributed by atoms with Gasteiger partial charge >= 0.3 is 0 Å². The molecule has 0 amide bonds. The highest BCUT2D eigenvalue weighted by Gasteiger charge is 2.28. The number of rotatable bonds is 7. The van der Waals surface area contributed by atoms with E-state index in [9.17, 15) is 10.2 Å². The van der Waals surface area contributed by atoms with E-state index in [0.29, 0.717) is 11.8 Å². The van der Waals surface area contributed by atoms with Gasteiger partial charge < -0.3 is 10.2 Å². The molecule has 0 aromatic rings. The summed E-state index contributed by atoms with van der Waals surface area (Å²) in [6.07, 6.45) is 2.14. The van der Waals surface area contributed by atoms with Crippen LogP contribution in [0.4, 0.5) is 0 Å². The van der Waals surface area contributed by atoms with Crippen molar-refractivity contribution >= 4 is 0 Å². The van der Waals surface area contributed by atoms with Crippen LogP contribution in [0.5, 0.6) is 0 Å². The van der Waals surface area contributed by atoms with Crippen molar-refractivity contribution in [3.8, 4) is 0 Å². The van der Waals surface area contributed by atoms with E-state index in [4.69, 9.17) is 0 Å². The normalized spacial score (nSPS) is 20.1. The lowest BCUT2D eigenvalue weighted by Gasteiger charge is -2.32. The van der Waals surface area contributed by atoms with Gasteiger partial charge in [0.25, 0.3) is 0 Å². The molecule has 0 aliphatic carbocycles. The average molecular weight is 202 g/mol. The van der Waals surface area contributed by atoms with Crippen LogP contribution in [0.25, 0.3) is 0 Å². The second-order valence-electron chi connectivity index (χ2n) is 4.46. The van der Waals surface area contributed by atoms with E-state index in [1.54, 1.807) is 0 Å². The second kappa shape index (κ2) is 7.24. The Morgan fingerprint density at radius 1 is 0.786 bits per heavy atom. The molecule has 0 saturated carbocycles. The Labute approximate surface area is 88.3 Å². The first kappa shape index (κ1) is 13.9. The van der Waals surface area contributed by atoms with E-state index >= 15 is 0 Å². The molecule has 4 atom stereocenters. The summed E-state index contributed by atoms with van der Waals surface area (Å²) >= 11 is 0. The van der Waals surface area contributed by atoms with Gasteiger partial charge in [-0.25, -0.2) is 0 Å². The average Bonchev–Trinajstić information content (AvgIpc) is 2.23. The molecule has 0 aliphatic heterocycles. The van der Waals surface area contributed by atoms with Crippen molar-refractivity contribution in [3.05, 3.63) is 0 Å². The predicted octanol–water partition coefficient (Wildman–Crippen LogP) is 2.30. The number of hydrogen-bond acceptors (Lipinski definition) is 2. The lowest BCUT2D eigenvalue weighted by molar-refractivity contribution is 0.0514. The molecule has 0 aromatic heterocycles. The molecule has 2 nitrogen and oxygen atoms in total. The fraction of sp³-hybridized carbons (Fsp3) is 1.00. The first-order chi connectivity index (χ1) is 6.62. The molecule has 0 heterocycles. The molecule has 0 bridgehead atoms. The first-order valence-corrected chi connectivity index (χ1v) is 5.83. The Morgan fingerprint density at radius 2 is 1.07 bits per heavy atom. The quantitative estimate of drug-likeness (QED) is 0.665. The number of hydrogen-bond donors (Lipinski definition) is 2. The maximum atomic E-state index is 9.36. The minimum absolute atomic E-state index is 0.199. The van der Waals surface area contributed by atoms with Crippen LogP contribution in [0.15, 0.2) is 0 Å². The standard InChI is InChI=1S/C12H26O2/c1-5-9(3)11(7-13)12(8-14)10(4)6-2/h9-14H,5-8H2,1-4H3. The summed E-state index contributed by atoms with van der Waals surface area (Å²) in [5.74, 6) is 1.48. The van der Waals surface area contributed by atoms with Gasteiger partial charge in [0, 0.05) is 13.2 Å². The molecule has 2 N–H and O–H groups in total. The van der Waals surface area contributed by atoms with Crippen LogP contribution in [-0.4, -0.2) is 23.4 Å². The molecule has 4 unspecified atom stereocenters. The Bertz CT molecular complexity index is 120. The molecule has 14 heavy (non-hydrogen) atoms. The predicted molar refractivity (Wildman–Crippen MR) is 60.1 cm³/mol. The molecule has 0 radical (unpaired) electrons. The van der Waals surface area contributed by atoms with E-state index in [1.807, 2.05) is 0 Å². The lowest BCUT2D eigenvalue weighted by Crippen LogP contribution is -2.32. The summed E-state index contributed by atoms with van der Waals surface area (Å²) in [7, 11) is 0. The fourth-order valence-corrected chi connectivity index (χ4v) is 2.08. The number of aliphatic hydroxyl groups excluding tert-OH is 2. The Morgan fingerprint density at radius 3 is 1.21 bits per heavy atom. The van der Waals surface area contributed by atoms with Gasteiger partial charge in [0.05, 0.1) is 0 Å². The number of aliphatic hydroxyl groups is 2. The van der Waals surface area contributed by atoms with Crippen LogP contribution in [0, 0.1) is 23.7 Å². The summed E-state index contributed by atoms with van der Waals surface area (Å²) in [5.41, 5.74) is 0. The highest BCUT2D eigenvalue weighted by atomic mass is 16.3. The molecule has 0 spiro atoms. The molecular formula is C12H26O2. The summed E-state index contributed by atoms with van der Waals surface area (Å²) in [4.78, 5) is 0. The maximum absolute atomic E-state index is 9.36. The van der Waals surface area contributed by atoms with Crippen LogP contribution in [0.3, 0.4) is 0 Å². The molecule has 0 aliphatic rings. The zero-order valence-corrected chi connectivity index (χ0v) is 10.0. The van der Waals surface area contributed by atoms with Crippen LogP contribution in [0.1, 0.15) is 40.5 Å². The highest BCUT2D eigenvalue weighted by molar-refractivity contribution is 4.76. The lowest BCUT2D eigenvalue weighted by atomic mass is 9.75. The van der Waals surface area contributed by atoms with Crippen LogP contribution in [-0.2, 0) is 0 Å². The molecular weight excluding hydrogens is 176 g/mol. The summed E-state index contributed by atoms with van der Waals surface area (Å²) < 4.78 is 0. The van der Waals surface area contributed by atoms with Gasteiger partial charge in [-0.2, -0.15) is 0 Å². The molecule has 2 heteroatoms. The van der Waals surface area contributed by atoms with E-state index in [2.05, 4.69) is 27.7 Å².